The van der Waals surface area contributed by atoms with Crippen molar-refractivity contribution >= 4 is 0 Å². The van der Waals surface area contributed by atoms with Crippen LogP contribution in [0.4, 0.5) is 0 Å². The summed E-state index contributed by atoms with van der Waals surface area (Å²) in [4.78, 5) is 0. The fraction of sp³-hybridized carbons (Fsp3) is 0.667. The van der Waals surface area contributed by atoms with Crippen LogP contribution in [0.25, 0.3) is 0 Å². The van der Waals surface area contributed by atoms with Crippen LogP contribution >= 0.6 is 0 Å². The normalized spacial score (nSPS) is 9.00. The van der Waals surface area contributed by atoms with Crippen LogP contribution in [0.5, 0.6) is 0 Å². The third-order valence-electron chi connectivity index (χ3n) is 0.983. The van der Waals surface area contributed by atoms with Crippen molar-refractivity contribution < 1.29 is 0 Å². The molecule has 0 aromatic rings. The topological polar surface area (TPSA) is 64.1 Å². The Balaban J connectivity index is 2.83. The van der Waals surface area contributed by atoms with E-state index in [1.165, 1.54) is 0 Å². The molecule has 0 saturated heterocycles. The summed E-state index contributed by atoms with van der Waals surface area (Å²) in [5, 5.41) is 2.91. The zero-order valence-corrected chi connectivity index (χ0v) is 5.69. The van der Waals surface area contributed by atoms with E-state index in [1.54, 1.807) is 0 Å². The highest BCUT2D eigenvalue weighted by Gasteiger charge is 1.84. The molecule has 0 rings (SSSR count). The molecule has 3 heteroatoms. The van der Waals surface area contributed by atoms with Crippen molar-refractivity contribution in [2.75, 3.05) is 13.1 Å². The van der Waals surface area contributed by atoms with E-state index in [1.807, 2.05) is 0 Å². The molecule has 5 N–H and O–H groups in total. The Hall–Kier alpha value is -0.700. The van der Waals surface area contributed by atoms with Gasteiger partial charge in [0.25, 0.3) is 0 Å². The van der Waals surface area contributed by atoms with Crippen LogP contribution < -0.4 is 16.8 Å². The summed E-state index contributed by atoms with van der Waals surface area (Å²) in [7, 11) is 0. The van der Waals surface area contributed by atoms with E-state index in [4.69, 9.17) is 11.5 Å². The van der Waals surface area contributed by atoms with E-state index < -0.39 is 0 Å². The zero-order valence-electron chi connectivity index (χ0n) is 5.69. The summed E-state index contributed by atoms with van der Waals surface area (Å²) >= 11 is 0. The summed E-state index contributed by atoms with van der Waals surface area (Å²) in [6.07, 6.45) is 2.10. The lowest BCUT2D eigenvalue weighted by atomic mass is 10.3. The molecule has 0 atom stereocenters. The number of hydrogen-bond donors (Lipinski definition) is 3. The lowest BCUT2D eigenvalue weighted by Crippen LogP contribution is -2.20. The molecule has 0 heterocycles. The smallest absolute Gasteiger partial charge is 0.0885 e. The first kappa shape index (κ1) is 8.30. The van der Waals surface area contributed by atoms with Gasteiger partial charge in [-0.2, -0.15) is 0 Å². The molecule has 0 aromatic carbocycles. The number of hydrogen-bond acceptors (Lipinski definition) is 3. The molecule has 0 saturated carbocycles. The van der Waals surface area contributed by atoms with E-state index in [0.29, 0.717) is 5.82 Å². The first-order valence-corrected chi connectivity index (χ1v) is 3.15. The van der Waals surface area contributed by atoms with Crippen LogP contribution in [0.1, 0.15) is 12.8 Å². The van der Waals surface area contributed by atoms with Crippen LogP contribution in [0.2, 0.25) is 0 Å². The van der Waals surface area contributed by atoms with Gasteiger partial charge in [-0.1, -0.05) is 6.58 Å². The Morgan fingerprint density at radius 3 is 2.56 bits per heavy atom. The molecule has 0 aromatic heterocycles. The second-order valence-electron chi connectivity index (χ2n) is 1.95. The molecular formula is C6H15N3. The Morgan fingerprint density at radius 2 is 2.11 bits per heavy atom. The number of nitrogens with one attached hydrogen (secondary N) is 1. The van der Waals surface area contributed by atoms with Gasteiger partial charge in [0, 0.05) is 6.54 Å². The van der Waals surface area contributed by atoms with Gasteiger partial charge < -0.3 is 16.8 Å². The van der Waals surface area contributed by atoms with E-state index >= 15 is 0 Å². The summed E-state index contributed by atoms with van der Waals surface area (Å²) in [5.74, 6) is 0.534. The number of nitrogens with two attached hydrogens (primary N) is 2. The maximum atomic E-state index is 5.26. The van der Waals surface area contributed by atoms with Crippen LogP contribution in [-0.2, 0) is 0 Å². The molecule has 0 amide bonds. The number of unbranched alkanes of at least 4 members (excludes halogenated alkanes) is 1. The Kier molecular flexibility index (Phi) is 5.01. The molecule has 0 bridgehead atoms. The molecule has 0 spiro atoms. The third-order valence-corrected chi connectivity index (χ3v) is 0.983. The van der Waals surface area contributed by atoms with Crippen molar-refractivity contribution in [1.29, 1.82) is 0 Å². The summed E-state index contributed by atoms with van der Waals surface area (Å²) < 4.78 is 0. The molecule has 0 aliphatic carbocycles. The van der Waals surface area contributed by atoms with Gasteiger partial charge in [-0.05, 0) is 19.4 Å². The highest BCUT2D eigenvalue weighted by molar-refractivity contribution is 4.81. The summed E-state index contributed by atoms with van der Waals surface area (Å²) in [6.45, 7) is 5.12. The maximum Gasteiger partial charge on any atom is 0.0885 e. The van der Waals surface area contributed by atoms with Gasteiger partial charge in [-0.3, -0.25) is 0 Å². The molecule has 0 aliphatic heterocycles. The van der Waals surface area contributed by atoms with Gasteiger partial charge in [0.05, 0.1) is 5.82 Å². The Labute approximate surface area is 56.1 Å². The molecule has 0 radical (unpaired) electrons. The fourth-order valence-corrected chi connectivity index (χ4v) is 0.518. The molecular weight excluding hydrogens is 114 g/mol. The zero-order chi connectivity index (χ0) is 7.11. The van der Waals surface area contributed by atoms with Crippen molar-refractivity contribution in [2.45, 2.75) is 12.8 Å². The predicted octanol–water partition coefficient (Wildman–Crippen LogP) is -0.255. The maximum absolute atomic E-state index is 5.26. The van der Waals surface area contributed by atoms with Crippen LogP contribution in [-0.4, -0.2) is 13.1 Å². The highest BCUT2D eigenvalue weighted by atomic mass is 15.0. The van der Waals surface area contributed by atoms with Gasteiger partial charge >= 0.3 is 0 Å². The Morgan fingerprint density at radius 1 is 1.44 bits per heavy atom. The quantitative estimate of drug-likeness (QED) is 0.448. The molecule has 3 nitrogen and oxygen atoms in total. The van der Waals surface area contributed by atoms with Crippen molar-refractivity contribution in [3.05, 3.63) is 12.4 Å². The monoisotopic (exact) mass is 129 g/mol. The van der Waals surface area contributed by atoms with Crippen LogP contribution in [0.15, 0.2) is 12.4 Å². The summed E-state index contributed by atoms with van der Waals surface area (Å²) in [6, 6.07) is 0. The van der Waals surface area contributed by atoms with E-state index in [0.717, 1.165) is 25.9 Å². The average molecular weight is 129 g/mol. The largest absolute Gasteiger partial charge is 0.386 e. The highest BCUT2D eigenvalue weighted by Crippen LogP contribution is 1.82. The standard InChI is InChI=1S/C6H15N3/c1-6(8)9-5-3-2-4-7/h9H,1-5,7-8H2. The van der Waals surface area contributed by atoms with Crippen molar-refractivity contribution in [3.8, 4) is 0 Å². The molecule has 0 unspecified atom stereocenters. The molecule has 0 aliphatic rings. The predicted molar refractivity (Wildman–Crippen MR) is 39.6 cm³/mol. The van der Waals surface area contributed by atoms with Crippen molar-refractivity contribution in [1.82, 2.24) is 5.32 Å². The lowest BCUT2D eigenvalue weighted by molar-refractivity contribution is 0.682. The van der Waals surface area contributed by atoms with Crippen molar-refractivity contribution in [2.24, 2.45) is 11.5 Å². The summed E-state index contributed by atoms with van der Waals surface area (Å²) in [5.41, 5.74) is 10.5. The third kappa shape index (κ3) is 7.30. The van der Waals surface area contributed by atoms with Gasteiger partial charge in [-0.15, -0.1) is 0 Å². The van der Waals surface area contributed by atoms with E-state index in [9.17, 15) is 0 Å². The molecule has 0 fully saturated rings. The van der Waals surface area contributed by atoms with Crippen molar-refractivity contribution in [3.63, 3.8) is 0 Å². The number of rotatable bonds is 5. The second kappa shape index (κ2) is 5.44. The van der Waals surface area contributed by atoms with Crippen LogP contribution in [0.3, 0.4) is 0 Å². The minimum Gasteiger partial charge on any atom is -0.386 e. The van der Waals surface area contributed by atoms with E-state index in [-0.39, 0.29) is 0 Å². The second-order valence-corrected chi connectivity index (χ2v) is 1.95. The minimum atomic E-state index is 0.534. The minimum absolute atomic E-state index is 0.534. The Bertz CT molecular complexity index is 80.4. The van der Waals surface area contributed by atoms with Gasteiger partial charge in [0.2, 0.25) is 0 Å². The average Bonchev–Trinajstić information content (AvgIpc) is 1.80. The molecule has 54 valence electrons. The van der Waals surface area contributed by atoms with Gasteiger partial charge in [-0.25, -0.2) is 0 Å². The van der Waals surface area contributed by atoms with Gasteiger partial charge in [0.15, 0.2) is 0 Å². The van der Waals surface area contributed by atoms with Crippen LogP contribution in [0, 0.1) is 0 Å². The fourth-order valence-electron chi connectivity index (χ4n) is 0.518. The lowest BCUT2D eigenvalue weighted by Gasteiger charge is -2.02. The molecule has 9 heavy (non-hydrogen) atoms. The first-order chi connectivity index (χ1) is 4.27. The van der Waals surface area contributed by atoms with Gasteiger partial charge in [0.1, 0.15) is 0 Å². The SMILES string of the molecule is C=C(N)NCCCCN. The first-order valence-electron chi connectivity index (χ1n) is 3.15. The van der Waals surface area contributed by atoms with E-state index in [2.05, 4.69) is 11.9 Å².